The summed E-state index contributed by atoms with van der Waals surface area (Å²) in [5.41, 5.74) is 1.54. The van der Waals surface area contributed by atoms with Crippen molar-refractivity contribution in [2.45, 2.75) is 26.5 Å². The van der Waals surface area contributed by atoms with Crippen LogP contribution in [0.1, 0.15) is 25.6 Å². The topological polar surface area (TPSA) is 58.3 Å². The van der Waals surface area contributed by atoms with Crippen LogP contribution in [0.15, 0.2) is 18.2 Å². The number of rotatable bonds is 2. The molecule has 4 heteroatoms. The van der Waals surface area contributed by atoms with E-state index in [-0.39, 0.29) is 18.4 Å². The fourth-order valence-electron chi connectivity index (χ4n) is 1.73. The summed E-state index contributed by atoms with van der Waals surface area (Å²) in [4.78, 5) is 0. The van der Waals surface area contributed by atoms with Gasteiger partial charge in [-0.1, -0.05) is 0 Å². The number of benzene rings is 1. The molecule has 0 aliphatic heterocycles. The average molecular weight is 206 g/mol. The van der Waals surface area contributed by atoms with Crippen LogP contribution >= 0.6 is 0 Å². The fraction of sp³-hybridized carbons (Fsp3) is 0.364. The Hall–Kier alpha value is -1.55. The van der Waals surface area contributed by atoms with Crippen LogP contribution in [0.4, 0.5) is 0 Å². The van der Waals surface area contributed by atoms with E-state index in [1.54, 1.807) is 22.9 Å². The van der Waals surface area contributed by atoms with E-state index in [2.05, 4.69) is 5.10 Å². The van der Waals surface area contributed by atoms with Gasteiger partial charge >= 0.3 is 0 Å². The SMILES string of the molecule is CC(C)n1nc2ccc(O)cc2c1CO. The van der Waals surface area contributed by atoms with Crippen molar-refractivity contribution in [3.63, 3.8) is 0 Å². The molecule has 15 heavy (non-hydrogen) atoms. The number of phenols is 1. The molecule has 4 nitrogen and oxygen atoms in total. The third-order valence-corrected chi connectivity index (χ3v) is 2.42. The molecule has 1 aromatic carbocycles. The molecule has 0 spiro atoms. The van der Waals surface area contributed by atoms with Crippen LogP contribution in [0.25, 0.3) is 10.9 Å². The van der Waals surface area contributed by atoms with Gasteiger partial charge in [0.15, 0.2) is 0 Å². The largest absolute Gasteiger partial charge is 0.508 e. The van der Waals surface area contributed by atoms with E-state index >= 15 is 0 Å². The van der Waals surface area contributed by atoms with Crippen molar-refractivity contribution in [1.82, 2.24) is 9.78 Å². The minimum Gasteiger partial charge on any atom is -0.508 e. The minimum atomic E-state index is -0.0713. The molecule has 1 heterocycles. The zero-order chi connectivity index (χ0) is 11.0. The lowest BCUT2D eigenvalue weighted by atomic mass is 10.2. The summed E-state index contributed by atoms with van der Waals surface area (Å²) >= 11 is 0. The van der Waals surface area contributed by atoms with Crippen molar-refractivity contribution < 1.29 is 10.2 Å². The van der Waals surface area contributed by atoms with Gasteiger partial charge in [-0.25, -0.2) is 0 Å². The fourth-order valence-corrected chi connectivity index (χ4v) is 1.73. The van der Waals surface area contributed by atoms with Crippen molar-refractivity contribution >= 4 is 10.9 Å². The molecule has 0 saturated carbocycles. The number of aliphatic hydroxyl groups excluding tert-OH is 1. The molecule has 1 aromatic heterocycles. The normalized spacial score (nSPS) is 11.5. The van der Waals surface area contributed by atoms with Gasteiger partial charge in [0.1, 0.15) is 5.75 Å². The quantitative estimate of drug-likeness (QED) is 0.787. The van der Waals surface area contributed by atoms with E-state index in [0.717, 1.165) is 16.6 Å². The molecule has 0 aliphatic rings. The smallest absolute Gasteiger partial charge is 0.116 e. The lowest BCUT2D eigenvalue weighted by molar-refractivity contribution is 0.266. The third-order valence-electron chi connectivity index (χ3n) is 2.42. The van der Waals surface area contributed by atoms with E-state index in [1.165, 1.54) is 0 Å². The second-order valence-electron chi connectivity index (χ2n) is 3.84. The number of phenolic OH excluding ortho intramolecular Hbond substituents is 1. The van der Waals surface area contributed by atoms with E-state index < -0.39 is 0 Å². The van der Waals surface area contributed by atoms with E-state index in [0.29, 0.717) is 0 Å². The first-order valence-corrected chi connectivity index (χ1v) is 4.94. The number of fused-ring (bicyclic) bond motifs is 1. The Kier molecular flexibility index (Phi) is 2.36. The Morgan fingerprint density at radius 1 is 1.40 bits per heavy atom. The van der Waals surface area contributed by atoms with Crippen LogP contribution in [0, 0.1) is 0 Å². The minimum absolute atomic E-state index is 0.0713. The molecule has 0 bridgehead atoms. The summed E-state index contributed by atoms with van der Waals surface area (Å²) in [6, 6.07) is 5.18. The standard InChI is InChI=1S/C11H14N2O2/c1-7(2)13-11(6-14)9-5-8(15)3-4-10(9)12-13/h3-5,7,14-15H,6H2,1-2H3. The van der Waals surface area contributed by atoms with Gasteiger partial charge in [0, 0.05) is 11.4 Å². The molecule has 0 fully saturated rings. The molecular weight excluding hydrogens is 192 g/mol. The maximum absolute atomic E-state index is 9.38. The van der Waals surface area contributed by atoms with E-state index in [4.69, 9.17) is 0 Å². The Morgan fingerprint density at radius 3 is 2.73 bits per heavy atom. The number of nitrogens with zero attached hydrogens (tertiary/aromatic N) is 2. The zero-order valence-corrected chi connectivity index (χ0v) is 8.81. The van der Waals surface area contributed by atoms with Crippen molar-refractivity contribution in [1.29, 1.82) is 0 Å². The lowest BCUT2D eigenvalue weighted by Crippen LogP contribution is -2.07. The van der Waals surface area contributed by atoms with Crippen molar-refractivity contribution in [3.8, 4) is 5.75 Å². The molecule has 0 unspecified atom stereocenters. The Morgan fingerprint density at radius 2 is 2.13 bits per heavy atom. The molecule has 2 aromatic rings. The summed E-state index contributed by atoms with van der Waals surface area (Å²) in [5.74, 6) is 0.195. The van der Waals surface area contributed by atoms with Crippen LogP contribution in [0.3, 0.4) is 0 Å². The predicted octanol–water partition coefficient (Wildman–Crippen LogP) is 1.82. The lowest BCUT2D eigenvalue weighted by Gasteiger charge is -2.08. The number of aliphatic hydroxyl groups is 1. The van der Waals surface area contributed by atoms with Gasteiger partial charge in [-0.15, -0.1) is 0 Å². The molecular formula is C11H14N2O2. The van der Waals surface area contributed by atoms with Gasteiger partial charge in [-0.2, -0.15) is 5.10 Å². The first-order valence-electron chi connectivity index (χ1n) is 4.94. The summed E-state index contributed by atoms with van der Waals surface area (Å²) in [7, 11) is 0. The molecule has 80 valence electrons. The van der Waals surface area contributed by atoms with Gasteiger partial charge in [0.2, 0.25) is 0 Å². The van der Waals surface area contributed by atoms with Gasteiger partial charge in [-0.05, 0) is 32.0 Å². The Labute approximate surface area is 87.8 Å². The second-order valence-corrected chi connectivity index (χ2v) is 3.84. The molecule has 0 saturated heterocycles. The highest BCUT2D eigenvalue weighted by Crippen LogP contribution is 2.25. The number of hydrogen-bond acceptors (Lipinski definition) is 3. The Bertz CT molecular complexity index is 489. The van der Waals surface area contributed by atoms with Crippen molar-refractivity contribution in [2.75, 3.05) is 0 Å². The number of aromatic nitrogens is 2. The van der Waals surface area contributed by atoms with Gasteiger partial charge in [0.25, 0.3) is 0 Å². The maximum atomic E-state index is 9.38. The van der Waals surface area contributed by atoms with E-state index in [1.807, 2.05) is 13.8 Å². The van der Waals surface area contributed by atoms with Crippen LogP contribution in [0.2, 0.25) is 0 Å². The molecule has 2 rings (SSSR count). The maximum Gasteiger partial charge on any atom is 0.116 e. The summed E-state index contributed by atoms with van der Waals surface area (Å²) < 4.78 is 1.78. The van der Waals surface area contributed by atoms with Crippen LogP contribution < -0.4 is 0 Å². The first kappa shape index (κ1) is 9.98. The highest BCUT2D eigenvalue weighted by molar-refractivity contribution is 5.83. The summed E-state index contributed by atoms with van der Waals surface area (Å²) in [6.07, 6.45) is 0. The monoisotopic (exact) mass is 206 g/mol. The predicted molar refractivity (Wildman–Crippen MR) is 57.7 cm³/mol. The van der Waals surface area contributed by atoms with Crippen molar-refractivity contribution in [3.05, 3.63) is 23.9 Å². The molecule has 0 amide bonds. The first-order chi connectivity index (χ1) is 7.13. The average Bonchev–Trinajstić information content (AvgIpc) is 2.55. The van der Waals surface area contributed by atoms with Crippen LogP contribution in [-0.2, 0) is 6.61 Å². The number of hydrogen-bond donors (Lipinski definition) is 2. The zero-order valence-electron chi connectivity index (χ0n) is 8.81. The van der Waals surface area contributed by atoms with Gasteiger partial charge in [0.05, 0.1) is 17.8 Å². The molecule has 0 radical (unpaired) electrons. The van der Waals surface area contributed by atoms with Crippen molar-refractivity contribution in [2.24, 2.45) is 0 Å². The van der Waals surface area contributed by atoms with Gasteiger partial charge < -0.3 is 10.2 Å². The molecule has 0 aliphatic carbocycles. The third kappa shape index (κ3) is 1.57. The summed E-state index contributed by atoms with van der Waals surface area (Å²) in [6.45, 7) is 3.94. The van der Waals surface area contributed by atoms with Gasteiger partial charge in [-0.3, -0.25) is 4.68 Å². The summed E-state index contributed by atoms with van der Waals surface area (Å²) in [5, 5.41) is 23.9. The highest BCUT2D eigenvalue weighted by Gasteiger charge is 2.12. The molecule has 2 N–H and O–H groups in total. The second kappa shape index (κ2) is 3.55. The molecule has 0 atom stereocenters. The highest BCUT2D eigenvalue weighted by atomic mass is 16.3. The number of aromatic hydroxyl groups is 1. The van der Waals surface area contributed by atoms with Crippen LogP contribution in [-0.4, -0.2) is 20.0 Å². The Balaban J connectivity index is 2.74. The van der Waals surface area contributed by atoms with E-state index in [9.17, 15) is 10.2 Å². The van der Waals surface area contributed by atoms with Crippen LogP contribution in [0.5, 0.6) is 5.75 Å².